The van der Waals surface area contributed by atoms with Gasteiger partial charge in [0, 0.05) is 11.6 Å². The van der Waals surface area contributed by atoms with Gasteiger partial charge in [0.05, 0.1) is 13.2 Å². The van der Waals surface area contributed by atoms with Crippen LogP contribution in [0.4, 0.5) is 0 Å². The van der Waals surface area contributed by atoms with Crippen LogP contribution in [0.1, 0.15) is 30.0 Å². The molecule has 174 valence electrons. The number of tetrazole rings is 1. The molecule has 0 aliphatic heterocycles. The lowest BCUT2D eigenvalue weighted by atomic mass is 10.0. The molecule has 10 nitrogen and oxygen atoms in total. The molecule has 0 fully saturated rings. The second kappa shape index (κ2) is 11.5. The lowest BCUT2D eigenvalue weighted by Crippen LogP contribution is -2.48. The minimum absolute atomic E-state index is 0.133. The average Bonchev–Trinajstić information content (AvgIpc) is 3.33. The summed E-state index contributed by atoms with van der Waals surface area (Å²) in [6.07, 6.45) is -1.46. The Morgan fingerprint density at radius 3 is 2.58 bits per heavy atom. The van der Waals surface area contributed by atoms with Gasteiger partial charge in [0.25, 0.3) is 5.82 Å². The minimum Gasteiger partial charge on any atom is -0.463 e. The Hall–Kier alpha value is -3.34. The molecular weight excluding hydrogens is 448 g/mol. The number of H-pyrrole nitrogens is 1. The van der Waals surface area contributed by atoms with E-state index in [4.69, 9.17) is 16.3 Å². The summed E-state index contributed by atoms with van der Waals surface area (Å²) in [5.41, 5.74) is 5.37. The van der Waals surface area contributed by atoms with E-state index in [2.05, 4.69) is 26.0 Å². The van der Waals surface area contributed by atoms with Gasteiger partial charge in [-0.2, -0.15) is 5.21 Å². The van der Waals surface area contributed by atoms with Gasteiger partial charge in [0.2, 0.25) is 0 Å². The molecule has 1 unspecified atom stereocenters. The standard InChI is InChI=1S/C22H25ClN6O4/c1-14(2)13-33-22(32)19(30)12-29(26-21(31)20-24-27-28-25-20)11-15-6-8-16(9-7-15)17-4-3-5-18(23)10-17/h3-10,14,19,30H,11-13H2,1-2H3,(H,26,31)(H,24,25,27,28). The van der Waals surface area contributed by atoms with Crippen LogP contribution in [0.25, 0.3) is 11.1 Å². The monoisotopic (exact) mass is 472 g/mol. The van der Waals surface area contributed by atoms with Gasteiger partial charge in [0.1, 0.15) is 0 Å². The van der Waals surface area contributed by atoms with Crippen LogP contribution in [0.15, 0.2) is 48.5 Å². The smallest absolute Gasteiger partial charge is 0.336 e. The lowest BCUT2D eigenvalue weighted by molar-refractivity contribution is -0.156. The number of nitrogens with one attached hydrogen (secondary N) is 2. The van der Waals surface area contributed by atoms with Crippen molar-refractivity contribution in [2.75, 3.05) is 13.2 Å². The van der Waals surface area contributed by atoms with Gasteiger partial charge >= 0.3 is 11.9 Å². The molecule has 1 atom stereocenters. The zero-order chi connectivity index (χ0) is 23.8. The Kier molecular flexibility index (Phi) is 8.47. The zero-order valence-electron chi connectivity index (χ0n) is 18.2. The number of hydrogen-bond acceptors (Lipinski definition) is 8. The number of aromatic amines is 1. The van der Waals surface area contributed by atoms with E-state index in [1.807, 2.05) is 56.3 Å². The number of benzene rings is 2. The van der Waals surface area contributed by atoms with Crippen LogP contribution in [0, 0.1) is 5.92 Å². The molecule has 3 rings (SSSR count). The summed E-state index contributed by atoms with van der Waals surface area (Å²) in [7, 11) is 0. The molecule has 33 heavy (non-hydrogen) atoms. The molecule has 1 aromatic heterocycles. The van der Waals surface area contributed by atoms with Crippen molar-refractivity contribution in [2.45, 2.75) is 26.5 Å². The third-order valence-electron chi connectivity index (χ3n) is 4.52. The van der Waals surface area contributed by atoms with Crippen LogP contribution in [-0.2, 0) is 16.1 Å². The predicted molar refractivity (Wildman–Crippen MR) is 121 cm³/mol. The quantitative estimate of drug-likeness (QED) is 0.302. The fourth-order valence-electron chi connectivity index (χ4n) is 2.92. The van der Waals surface area contributed by atoms with Crippen molar-refractivity contribution in [2.24, 2.45) is 5.92 Å². The van der Waals surface area contributed by atoms with Crippen molar-refractivity contribution in [1.82, 2.24) is 31.1 Å². The second-order valence-electron chi connectivity index (χ2n) is 7.80. The van der Waals surface area contributed by atoms with E-state index in [1.54, 1.807) is 6.07 Å². The first-order valence-corrected chi connectivity index (χ1v) is 10.7. The highest BCUT2D eigenvalue weighted by Gasteiger charge is 2.23. The highest BCUT2D eigenvalue weighted by atomic mass is 35.5. The molecule has 0 aliphatic rings. The highest BCUT2D eigenvalue weighted by Crippen LogP contribution is 2.23. The maximum absolute atomic E-state index is 12.4. The van der Waals surface area contributed by atoms with E-state index in [-0.39, 0.29) is 31.4 Å². The SMILES string of the molecule is CC(C)COC(=O)C(O)CN(Cc1ccc(-c2cccc(Cl)c2)cc1)NC(=O)c1nn[nH]n1. The Balaban J connectivity index is 1.71. The molecule has 0 saturated carbocycles. The van der Waals surface area contributed by atoms with E-state index in [0.717, 1.165) is 16.7 Å². The van der Waals surface area contributed by atoms with Crippen molar-refractivity contribution in [3.8, 4) is 11.1 Å². The number of carbonyl (C=O) groups is 2. The number of nitrogens with zero attached hydrogens (tertiary/aromatic N) is 4. The first-order valence-electron chi connectivity index (χ1n) is 10.3. The molecule has 0 radical (unpaired) electrons. The van der Waals surface area contributed by atoms with E-state index < -0.39 is 18.0 Å². The van der Waals surface area contributed by atoms with E-state index >= 15 is 0 Å². The fourth-order valence-corrected chi connectivity index (χ4v) is 3.11. The number of aromatic nitrogens is 4. The van der Waals surface area contributed by atoms with Crippen molar-refractivity contribution < 1.29 is 19.4 Å². The van der Waals surface area contributed by atoms with E-state index in [0.29, 0.717) is 5.02 Å². The Morgan fingerprint density at radius 2 is 1.94 bits per heavy atom. The number of amides is 1. The summed E-state index contributed by atoms with van der Waals surface area (Å²) in [4.78, 5) is 24.5. The molecular formula is C22H25ClN6O4. The number of esters is 1. The number of ether oxygens (including phenoxy) is 1. The zero-order valence-corrected chi connectivity index (χ0v) is 19.0. The normalized spacial score (nSPS) is 12.1. The lowest BCUT2D eigenvalue weighted by Gasteiger charge is -2.24. The molecule has 1 amide bonds. The summed E-state index contributed by atoms with van der Waals surface area (Å²) in [6.45, 7) is 3.98. The van der Waals surface area contributed by atoms with Gasteiger partial charge in [-0.25, -0.2) is 9.80 Å². The highest BCUT2D eigenvalue weighted by molar-refractivity contribution is 6.30. The molecule has 0 aliphatic carbocycles. The largest absolute Gasteiger partial charge is 0.463 e. The maximum Gasteiger partial charge on any atom is 0.336 e. The number of rotatable bonds is 10. The van der Waals surface area contributed by atoms with Crippen LogP contribution in [-0.4, -0.2) is 61.9 Å². The summed E-state index contributed by atoms with van der Waals surface area (Å²) in [5.74, 6) is -1.44. The molecule has 0 bridgehead atoms. The van der Waals surface area contributed by atoms with Crippen LogP contribution >= 0.6 is 11.6 Å². The first kappa shape index (κ1) is 24.3. The molecule has 0 spiro atoms. The number of carbonyl (C=O) groups excluding carboxylic acids is 2. The van der Waals surface area contributed by atoms with Gasteiger partial charge in [-0.3, -0.25) is 10.2 Å². The molecule has 1 heterocycles. The molecule has 3 aromatic rings. The van der Waals surface area contributed by atoms with Crippen LogP contribution in [0.3, 0.4) is 0 Å². The van der Waals surface area contributed by atoms with Crippen LogP contribution in [0.2, 0.25) is 5.02 Å². The number of hydrogen-bond donors (Lipinski definition) is 3. The first-order chi connectivity index (χ1) is 15.8. The molecule has 3 N–H and O–H groups in total. The van der Waals surface area contributed by atoms with Gasteiger partial charge in [0.15, 0.2) is 6.10 Å². The summed E-state index contributed by atoms with van der Waals surface area (Å²) < 4.78 is 5.09. The maximum atomic E-state index is 12.4. The fraction of sp³-hybridized carbons (Fsp3) is 0.318. The Morgan fingerprint density at radius 1 is 1.18 bits per heavy atom. The molecule has 11 heteroatoms. The molecule has 0 saturated heterocycles. The van der Waals surface area contributed by atoms with Gasteiger partial charge in [-0.05, 0) is 40.0 Å². The molecule has 2 aromatic carbocycles. The average molecular weight is 473 g/mol. The number of aliphatic hydroxyl groups is 1. The van der Waals surface area contributed by atoms with Crippen molar-refractivity contribution >= 4 is 23.5 Å². The number of aliphatic hydroxyl groups excluding tert-OH is 1. The summed E-state index contributed by atoms with van der Waals surface area (Å²) in [6, 6.07) is 15.1. The topological polar surface area (TPSA) is 133 Å². The number of halogens is 1. The third kappa shape index (κ3) is 7.35. The number of hydrazine groups is 1. The Bertz CT molecular complexity index is 1060. The van der Waals surface area contributed by atoms with Gasteiger partial charge < -0.3 is 9.84 Å². The third-order valence-corrected chi connectivity index (χ3v) is 4.75. The van der Waals surface area contributed by atoms with Crippen molar-refractivity contribution in [1.29, 1.82) is 0 Å². The predicted octanol–water partition coefficient (Wildman–Crippen LogP) is 2.23. The van der Waals surface area contributed by atoms with Crippen molar-refractivity contribution in [3.63, 3.8) is 0 Å². The van der Waals surface area contributed by atoms with Crippen LogP contribution in [0.5, 0.6) is 0 Å². The van der Waals surface area contributed by atoms with Crippen molar-refractivity contribution in [3.05, 3.63) is 64.9 Å². The second-order valence-corrected chi connectivity index (χ2v) is 8.24. The van der Waals surface area contributed by atoms with Gasteiger partial charge in [-0.15, -0.1) is 10.2 Å². The summed E-state index contributed by atoms with van der Waals surface area (Å²) >= 11 is 6.07. The Labute approximate surface area is 195 Å². The van der Waals surface area contributed by atoms with Crippen LogP contribution < -0.4 is 5.43 Å². The summed E-state index contributed by atoms with van der Waals surface area (Å²) in [5, 5.41) is 25.2. The van der Waals surface area contributed by atoms with Gasteiger partial charge in [-0.1, -0.05) is 61.8 Å². The van der Waals surface area contributed by atoms with E-state index in [9.17, 15) is 14.7 Å². The minimum atomic E-state index is -1.46. The van der Waals surface area contributed by atoms with E-state index in [1.165, 1.54) is 5.01 Å².